The molecule has 1 unspecified atom stereocenters. The van der Waals surface area contributed by atoms with Crippen molar-refractivity contribution in [2.75, 3.05) is 39.9 Å². The minimum atomic E-state index is -0.853. The van der Waals surface area contributed by atoms with E-state index in [1.165, 1.54) is 0 Å². The Bertz CT molecular complexity index is 379. The molecule has 1 aromatic rings. The molecule has 1 aromatic carbocycles. The van der Waals surface area contributed by atoms with Gasteiger partial charge in [-0.05, 0) is 26.3 Å². The van der Waals surface area contributed by atoms with Gasteiger partial charge in [-0.2, -0.15) is 0 Å². The standard InChI is InChI=1S/C17H30NO3/c1-5-18(6-2,7-3)12-13-21-17(19)16-10-8-15(9-11-16)14-20-4/h8-11,17,19H,5-7,12-14H2,1-4H3/q+1. The van der Waals surface area contributed by atoms with Gasteiger partial charge in [-0.1, -0.05) is 24.3 Å². The van der Waals surface area contributed by atoms with Crippen LogP contribution in [-0.2, 0) is 16.1 Å². The molecule has 1 atom stereocenters. The molecule has 0 spiro atoms. The fraction of sp³-hybridized carbons (Fsp3) is 0.647. The van der Waals surface area contributed by atoms with Crippen LogP contribution in [0, 0.1) is 0 Å². The van der Waals surface area contributed by atoms with Crippen LogP contribution in [0.25, 0.3) is 0 Å². The monoisotopic (exact) mass is 296 g/mol. The van der Waals surface area contributed by atoms with Crippen LogP contribution in [0.15, 0.2) is 24.3 Å². The number of hydrogen-bond acceptors (Lipinski definition) is 3. The number of aliphatic hydroxyl groups excluding tert-OH is 1. The smallest absolute Gasteiger partial charge is 0.181 e. The molecule has 4 heteroatoms. The van der Waals surface area contributed by atoms with Crippen LogP contribution in [0.4, 0.5) is 0 Å². The maximum Gasteiger partial charge on any atom is 0.181 e. The van der Waals surface area contributed by atoms with E-state index >= 15 is 0 Å². The van der Waals surface area contributed by atoms with Crippen LogP contribution in [0.3, 0.4) is 0 Å². The average molecular weight is 296 g/mol. The lowest BCUT2D eigenvalue weighted by atomic mass is 10.1. The number of benzene rings is 1. The van der Waals surface area contributed by atoms with Gasteiger partial charge >= 0.3 is 0 Å². The third-order valence-electron chi connectivity index (χ3n) is 4.43. The molecule has 0 radical (unpaired) electrons. The number of rotatable bonds is 10. The summed E-state index contributed by atoms with van der Waals surface area (Å²) in [6.45, 7) is 12.0. The van der Waals surface area contributed by atoms with Gasteiger partial charge in [0.1, 0.15) is 6.54 Å². The molecule has 0 aliphatic rings. The predicted octanol–water partition coefficient (Wildman–Crippen LogP) is 2.72. The lowest BCUT2D eigenvalue weighted by Gasteiger charge is -2.35. The predicted molar refractivity (Wildman–Crippen MR) is 84.8 cm³/mol. The fourth-order valence-corrected chi connectivity index (χ4v) is 2.54. The highest BCUT2D eigenvalue weighted by Gasteiger charge is 2.21. The second-order valence-electron chi connectivity index (χ2n) is 5.41. The molecular formula is C17H30NO3+. The zero-order valence-corrected chi connectivity index (χ0v) is 13.8. The molecule has 0 saturated carbocycles. The van der Waals surface area contributed by atoms with E-state index in [-0.39, 0.29) is 0 Å². The van der Waals surface area contributed by atoms with Crippen molar-refractivity contribution in [3.8, 4) is 0 Å². The van der Waals surface area contributed by atoms with E-state index in [1.54, 1.807) is 7.11 Å². The quantitative estimate of drug-likeness (QED) is 0.533. The topological polar surface area (TPSA) is 38.7 Å². The first-order chi connectivity index (χ1) is 10.1. The highest BCUT2D eigenvalue weighted by molar-refractivity contribution is 5.22. The van der Waals surface area contributed by atoms with Gasteiger partial charge in [0.2, 0.25) is 0 Å². The lowest BCUT2D eigenvalue weighted by Crippen LogP contribution is -2.49. The van der Waals surface area contributed by atoms with Gasteiger partial charge in [0.25, 0.3) is 0 Å². The molecule has 0 amide bonds. The van der Waals surface area contributed by atoms with Crippen LogP contribution in [0.2, 0.25) is 0 Å². The lowest BCUT2D eigenvalue weighted by molar-refractivity contribution is -0.923. The second kappa shape index (κ2) is 9.15. The Balaban J connectivity index is 2.48. The molecule has 0 aromatic heterocycles. The SMILES string of the molecule is CC[N+](CC)(CC)CCOC(O)c1ccc(COC)cc1. The van der Waals surface area contributed by atoms with E-state index in [2.05, 4.69) is 20.8 Å². The van der Waals surface area contributed by atoms with Crippen LogP contribution in [0.1, 0.15) is 38.2 Å². The van der Waals surface area contributed by atoms with Crippen LogP contribution in [0.5, 0.6) is 0 Å². The van der Waals surface area contributed by atoms with Gasteiger partial charge in [0.05, 0.1) is 32.8 Å². The first kappa shape index (κ1) is 18.1. The Kier molecular flexibility index (Phi) is 7.89. The second-order valence-corrected chi connectivity index (χ2v) is 5.41. The summed E-state index contributed by atoms with van der Waals surface area (Å²) in [5.41, 5.74) is 1.88. The first-order valence-corrected chi connectivity index (χ1v) is 7.83. The van der Waals surface area contributed by atoms with Gasteiger partial charge in [-0.3, -0.25) is 0 Å². The van der Waals surface area contributed by atoms with Crippen molar-refractivity contribution >= 4 is 0 Å². The van der Waals surface area contributed by atoms with Crippen molar-refractivity contribution in [1.82, 2.24) is 0 Å². The number of quaternary nitrogens is 1. The van der Waals surface area contributed by atoms with E-state index < -0.39 is 6.29 Å². The van der Waals surface area contributed by atoms with Crippen molar-refractivity contribution in [3.63, 3.8) is 0 Å². The number of hydrogen-bond donors (Lipinski definition) is 1. The summed E-state index contributed by atoms with van der Waals surface area (Å²) >= 11 is 0. The van der Waals surface area contributed by atoms with Crippen LogP contribution < -0.4 is 0 Å². The molecule has 0 bridgehead atoms. The molecule has 0 saturated heterocycles. The molecule has 0 aliphatic carbocycles. The van der Waals surface area contributed by atoms with Gasteiger partial charge in [0, 0.05) is 12.7 Å². The van der Waals surface area contributed by atoms with Gasteiger partial charge < -0.3 is 19.1 Å². The molecule has 0 fully saturated rings. The number of nitrogens with zero attached hydrogens (tertiary/aromatic N) is 1. The molecule has 120 valence electrons. The Morgan fingerprint density at radius 1 is 1.05 bits per heavy atom. The van der Waals surface area contributed by atoms with E-state index in [9.17, 15) is 5.11 Å². The summed E-state index contributed by atoms with van der Waals surface area (Å²) in [6.07, 6.45) is -0.853. The van der Waals surface area contributed by atoms with Crippen LogP contribution in [-0.4, -0.2) is 49.5 Å². The van der Waals surface area contributed by atoms with E-state index in [1.807, 2.05) is 24.3 Å². The van der Waals surface area contributed by atoms with Crippen molar-refractivity contribution in [3.05, 3.63) is 35.4 Å². The van der Waals surface area contributed by atoms with Gasteiger partial charge in [0.15, 0.2) is 6.29 Å². The van der Waals surface area contributed by atoms with Crippen molar-refractivity contribution in [2.45, 2.75) is 33.7 Å². The molecule has 1 rings (SSSR count). The first-order valence-electron chi connectivity index (χ1n) is 7.83. The van der Waals surface area contributed by atoms with Crippen molar-refractivity contribution < 1.29 is 19.1 Å². The summed E-state index contributed by atoms with van der Waals surface area (Å²) in [5.74, 6) is 0. The Labute approximate surface area is 128 Å². The Morgan fingerprint density at radius 3 is 2.10 bits per heavy atom. The molecule has 1 N–H and O–H groups in total. The molecule has 0 heterocycles. The summed E-state index contributed by atoms with van der Waals surface area (Å²) in [6, 6.07) is 7.69. The average Bonchev–Trinajstić information content (AvgIpc) is 2.53. The summed E-state index contributed by atoms with van der Waals surface area (Å²) < 4.78 is 11.7. The normalized spacial score (nSPS) is 13.4. The largest absolute Gasteiger partial charge is 0.380 e. The molecule has 4 nitrogen and oxygen atoms in total. The molecule has 0 aliphatic heterocycles. The minimum absolute atomic E-state index is 0.566. The molecular weight excluding hydrogens is 266 g/mol. The van der Waals surface area contributed by atoms with Crippen molar-refractivity contribution in [1.29, 1.82) is 0 Å². The fourth-order valence-electron chi connectivity index (χ4n) is 2.54. The van der Waals surface area contributed by atoms with E-state index in [0.29, 0.717) is 13.2 Å². The summed E-state index contributed by atoms with van der Waals surface area (Å²) in [5, 5.41) is 10.1. The zero-order valence-electron chi connectivity index (χ0n) is 13.8. The highest BCUT2D eigenvalue weighted by atomic mass is 16.6. The minimum Gasteiger partial charge on any atom is -0.380 e. The number of ether oxygens (including phenoxy) is 2. The number of likely N-dealkylation sites (N-methyl/N-ethyl adjacent to an activating group) is 1. The van der Waals surface area contributed by atoms with E-state index in [0.717, 1.165) is 41.8 Å². The van der Waals surface area contributed by atoms with Crippen LogP contribution >= 0.6 is 0 Å². The summed E-state index contributed by atoms with van der Waals surface area (Å²) in [7, 11) is 1.67. The number of methoxy groups -OCH3 is 1. The van der Waals surface area contributed by atoms with Gasteiger partial charge in [-0.25, -0.2) is 0 Å². The zero-order chi connectivity index (χ0) is 15.7. The van der Waals surface area contributed by atoms with Crippen molar-refractivity contribution in [2.24, 2.45) is 0 Å². The van der Waals surface area contributed by atoms with Gasteiger partial charge in [-0.15, -0.1) is 0 Å². The Hall–Kier alpha value is -0.940. The third kappa shape index (κ3) is 5.40. The number of aliphatic hydroxyl groups is 1. The Morgan fingerprint density at radius 2 is 1.62 bits per heavy atom. The highest BCUT2D eigenvalue weighted by Crippen LogP contribution is 2.16. The van der Waals surface area contributed by atoms with E-state index in [4.69, 9.17) is 9.47 Å². The molecule has 21 heavy (non-hydrogen) atoms. The third-order valence-corrected chi connectivity index (χ3v) is 4.43. The summed E-state index contributed by atoms with van der Waals surface area (Å²) in [4.78, 5) is 0. The maximum atomic E-state index is 10.1. The maximum absolute atomic E-state index is 10.1.